The summed E-state index contributed by atoms with van der Waals surface area (Å²) in [5.41, 5.74) is 2.26. The van der Waals surface area contributed by atoms with E-state index >= 15 is 0 Å². The van der Waals surface area contributed by atoms with Gasteiger partial charge in [-0.15, -0.1) is 0 Å². The van der Waals surface area contributed by atoms with Gasteiger partial charge >= 0.3 is 6.09 Å². The molecule has 0 aliphatic heterocycles. The zero-order valence-electron chi connectivity index (χ0n) is 13.6. The summed E-state index contributed by atoms with van der Waals surface area (Å²) in [6, 6.07) is 10.4. The Kier molecular flexibility index (Phi) is 5.71. The van der Waals surface area contributed by atoms with E-state index in [2.05, 4.69) is 37.4 Å². The van der Waals surface area contributed by atoms with Crippen LogP contribution in [0.3, 0.4) is 0 Å². The van der Waals surface area contributed by atoms with Crippen molar-refractivity contribution in [1.29, 1.82) is 0 Å². The zero-order chi connectivity index (χ0) is 19.2. The highest BCUT2D eigenvalue weighted by atomic mass is 35.5. The maximum atomic E-state index is 10.7. The molecule has 0 aliphatic carbocycles. The number of nitrogens with zero attached hydrogens (tertiary/aromatic N) is 3. The molecule has 27 heavy (non-hydrogen) atoms. The van der Waals surface area contributed by atoms with Crippen molar-refractivity contribution in [2.45, 2.75) is 0 Å². The summed E-state index contributed by atoms with van der Waals surface area (Å²) in [5, 5.41) is 14.5. The van der Waals surface area contributed by atoms with Crippen LogP contribution in [0.1, 0.15) is 11.3 Å². The summed E-state index contributed by atoms with van der Waals surface area (Å²) in [5.74, 6) is 6.25. The fourth-order valence-electron chi connectivity index (χ4n) is 2.08. The molecule has 1 amide bonds. The fraction of sp³-hybridized carbons (Fsp3) is 0. The molecule has 7 nitrogen and oxygen atoms in total. The molecule has 3 aromatic rings. The number of hydrogen-bond donors (Lipinski definition) is 3. The Bertz CT molecular complexity index is 1060. The normalized spacial score (nSPS) is 9.85. The summed E-state index contributed by atoms with van der Waals surface area (Å²) in [4.78, 5) is 22.6. The van der Waals surface area contributed by atoms with Gasteiger partial charge < -0.3 is 10.4 Å². The molecular weight excluding hydrogens is 389 g/mol. The number of pyridine rings is 1. The highest BCUT2D eigenvalue weighted by molar-refractivity contribution is 6.33. The predicted molar refractivity (Wildman–Crippen MR) is 104 cm³/mol. The molecular formula is C18H11Cl2N5O2. The molecule has 0 fully saturated rings. The van der Waals surface area contributed by atoms with Crippen molar-refractivity contribution in [2.75, 3.05) is 10.6 Å². The largest absolute Gasteiger partial charge is 0.465 e. The number of carbonyl (C=O) groups is 1. The smallest absolute Gasteiger partial charge is 0.409 e. The van der Waals surface area contributed by atoms with Crippen molar-refractivity contribution in [1.82, 2.24) is 15.0 Å². The molecule has 1 aromatic carbocycles. The van der Waals surface area contributed by atoms with E-state index in [0.29, 0.717) is 27.9 Å². The molecule has 3 rings (SSSR count). The molecule has 0 bridgehead atoms. The van der Waals surface area contributed by atoms with Crippen LogP contribution in [0.25, 0.3) is 0 Å². The Labute approximate surface area is 164 Å². The van der Waals surface area contributed by atoms with Crippen molar-refractivity contribution in [3.8, 4) is 11.8 Å². The lowest BCUT2D eigenvalue weighted by Crippen LogP contribution is -2.07. The van der Waals surface area contributed by atoms with Gasteiger partial charge in [0.1, 0.15) is 10.7 Å². The van der Waals surface area contributed by atoms with Crippen molar-refractivity contribution >= 4 is 46.5 Å². The lowest BCUT2D eigenvalue weighted by Gasteiger charge is -2.07. The van der Waals surface area contributed by atoms with E-state index in [1.807, 2.05) is 18.2 Å². The number of halogens is 2. The second-order valence-electron chi connectivity index (χ2n) is 5.15. The molecule has 2 heterocycles. The summed E-state index contributed by atoms with van der Waals surface area (Å²) in [7, 11) is 0. The molecule has 2 aromatic heterocycles. The topological polar surface area (TPSA) is 100 Å². The Hall–Kier alpha value is -3.34. The van der Waals surface area contributed by atoms with Crippen molar-refractivity contribution in [2.24, 2.45) is 0 Å². The van der Waals surface area contributed by atoms with Gasteiger partial charge in [0.2, 0.25) is 5.28 Å². The highest BCUT2D eigenvalue weighted by Gasteiger charge is 2.05. The number of rotatable bonds is 3. The number of benzene rings is 1. The zero-order valence-corrected chi connectivity index (χ0v) is 15.1. The minimum Gasteiger partial charge on any atom is -0.465 e. The van der Waals surface area contributed by atoms with Crippen LogP contribution in [-0.4, -0.2) is 26.2 Å². The maximum Gasteiger partial charge on any atom is 0.409 e. The first-order valence-corrected chi connectivity index (χ1v) is 8.28. The first-order valence-electron chi connectivity index (χ1n) is 7.53. The fourth-order valence-corrected chi connectivity index (χ4v) is 2.35. The van der Waals surface area contributed by atoms with Crippen LogP contribution in [0, 0.1) is 11.8 Å². The van der Waals surface area contributed by atoms with Crippen molar-refractivity contribution in [3.63, 3.8) is 0 Å². The van der Waals surface area contributed by atoms with Gasteiger partial charge in [-0.2, -0.15) is 4.98 Å². The van der Waals surface area contributed by atoms with Gasteiger partial charge in [-0.3, -0.25) is 5.32 Å². The van der Waals surface area contributed by atoms with E-state index in [4.69, 9.17) is 28.3 Å². The molecule has 0 radical (unpaired) electrons. The van der Waals surface area contributed by atoms with E-state index < -0.39 is 6.09 Å². The van der Waals surface area contributed by atoms with Gasteiger partial charge in [-0.25, -0.2) is 14.8 Å². The molecule has 0 saturated heterocycles. The van der Waals surface area contributed by atoms with Gasteiger partial charge in [0, 0.05) is 23.1 Å². The quantitative estimate of drug-likeness (QED) is 0.445. The average molecular weight is 400 g/mol. The maximum absolute atomic E-state index is 10.7. The van der Waals surface area contributed by atoms with Crippen LogP contribution in [0.15, 0.2) is 48.8 Å². The van der Waals surface area contributed by atoms with Gasteiger partial charge in [0.25, 0.3) is 0 Å². The van der Waals surface area contributed by atoms with Crippen molar-refractivity contribution in [3.05, 3.63) is 70.4 Å². The summed E-state index contributed by atoms with van der Waals surface area (Å²) < 4.78 is 0. The number of amides is 1. The van der Waals surface area contributed by atoms with Gasteiger partial charge in [0.15, 0.2) is 5.82 Å². The second kappa shape index (κ2) is 8.36. The number of hydrogen-bond acceptors (Lipinski definition) is 5. The van der Waals surface area contributed by atoms with E-state index in [-0.39, 0.29) is 5.28 Å². The highest BCUT2D eigenvalue weighted by Crippen LogP contribution is 2.24. The molecule has 0 atom stereocenters. The van der Waals surface area contributed by atoms with E-state index in [0.717, 1.165) is 5.56 Å². The lowest BCUT2D eigenvalue weighted by atomic mass is 10.2. The average Bonchev–Trinajstić information content (AvgIpc) is 2.63. The van der Waals surface area contributed by atoms with Crippen LogP contribution < -0.4 is 10.6 Å². The molecule has 9 heteroatoms. The standard InChI is InChI=1S/C18H11Cl2N5O2/c19-15-10-22-17(20)25-16(15)23-13-3-1-2-11(8-13)4-5-12-9-14(6-7-21-12)24-18(26)27/h1-3,6-10H,(H,21,24)(H,26,27)(H,22,23,25). The molecule has 3 N–H and O–H groups in total. The molecule has 0 spiro atoms. The third kappa shape index (κ3) is 5.31. The Balaban J connectivity index is 1.80. The first kappa shape index (κ1) is 18.5. The summed E-state index contributed by atoms with van der Waals surface area (Å²) >= 11 is 11.8. The minimum atomic E-state index is -1.15. The Morgan fingerprint density at radius 3 is 2.74 bits per heavy atom. The molecule has 134 valence electrons. The van der Waals surface area contributed by atoms with Crippen molar-refractivity contribution < 1.29 is 9.90 Å². The molecule has 0 aliphatic rings. The third-order valence-electron chi connectivity index (χ3n) is 3.19. The Morgan fingerprint density at radius 1 is 1.07 bits per heavy atom. The SMILES string of the molecule is O=C(O)Nc1ccnc(C#Cc2cccc(Nc3nc(Cl)ncc3Cl)c2)c1. The predicted octanol–water partition coefficient (Wildman–Crippen LogP) is 4.41. The number of aromatic nitrogens is 3. The van der Waals surface area contributed by atoms with Crippen LogP contribution in [-0.2, 0) is 0 Å². The van der Waals surface area contributed by atoms with E-state index in [9.17, 15) is 4.79 Å². The molecule has 0 unspecified atom stereocenters. The molecule has 0 saturated carbocycles. The van der Waals surface area contributed by atoms with E-state index in [1.54, 1.807) is 18.2 Å². The Morgan fingerprint density at radius 2 is 1.93 bits per heavy atom. The van der Waals surface area contributed by atoms with Crippen LogP contribution in [0.2, 0.25) is 10.3 Å². The van der Waals surface area contributed by atoms with E-state index in [1.165, 1.54) is 12.4 Å². The number of nitrogens with one attached hydrogen (secondary N) is 2. The number of anilines is 3. The van der Waals surface area contributed by atoms with Crippen LogP contribution >= 0.6 is 23.2 Å². The van der Waals surface area contributed by atoms with Gasteiger partial charge in [0.05, 0.1) is 6.20 Å². The number of carboxylic acid groups (broad SMARTS) is 1. The lowest BCUT2D eigenvalue weighted by molar-refractivity contribution is 0.210. The van der Waals surface area contributed by atoms with Crippen LogP contribution in [0.5, 0.6) is 0 Å². The van der Waals surface area contributed by atoms with Crippen LogP contribution in [0.4, 0.5) is 22.0 Å². The van der Waals surface area contributed by atoms with Gasteiger partial charge in [-0.05, 0) is 47.9 Å². The summed E-state index contributed by atoms with van der Waals surface area (Å²) in [6.45, 7) is 0. The third-order valence-corrected chi connectivity index (χ3v) is 3.64. The van der Waals surface area contributed by atoms with Gasteiger partial charge in [-0.1, -0.05) is 23.6 Å². The minimum absolute atomic E-state index is 0.0822. The monoisotopic (exact) mass is 399 g/mol. The summed E-state index contributed by atoms with van der Waals surface area (Å²) in [6.07, 6.45) is 1.74. The first-order chi connectivity index (χ1) is 13.0. The second-order valence-corrected chi connectivity index (χ2v) is 5.90.